The average molecular weight is 279 g/mol. The van der Waals surface area contributed by atoms with E-state index in [0.717, 1.165) is 15.9 Å². The first-order valence-electron chi connectivity index (χ1n) is 4.98. The summed E-state index contributed by atoms with van der Waals surface area (Å²) in [5, 5.41) is 0. The van der Waals surface area contributed by atoms with Crippen molar-refractivity contribution in [2.45, 2.75) is 12.8 Å². The fourth-order valence-corrected chi connectivity index (χ4v) is 1.97. The Balaban J connectivity index is 1.97. The first-order valence-corrected chi connectivity index (χ1v) is 5.78. The summed E-state index contributed by atoms with van der Waals surface area (Å²) in [5.74, 6) is 0.882. The van der Waals surface area contributed by atoms with Crippen molar-refractivity contribution in [3.63, 3.8) is 0 Å². The smallest absolute Gasteiger partial charge is 0.144 e. The molecule has 0 radical (unpaired) electrons. The topological polar surface area (TPSA) is 45.8 Å². The Morgan fingerprint density at radius 3 is 2.94 bits per heavy atom. The van der Waals surface area contributed by atoms with Crippen molar-refractivity contribution in [1.29, 1.82) is 0 Å². The second-order valence-electron chi connectivity index (χ2n) is 3.56. The van der Waals surface area contributed by atoms with Gasteiger partial charge in [-0.05, 0) is 17.7 Å². The van der Waals surface area contributed by atoms with Crippen LogP contribution in [-0.2, 0) is 17.6 Å². The van der Waals surface area contributed by atoms with E-state index >= 15 is 0 Å². The highest BCUT2D eigenvalue weighted by atomic mass is 79.9. The molecular formula is C12H11BrN2O. The van der Waals surface area contributed by atoms with E-state index in [1.54, 1.807) is 12.4 Å². The lowest BCUT2D eigenvalue weighted by molar-refractivity contribution is -0.117. The van der Waals surface area contributed by atoms with Crippen LogP contribution < -0.4 is 0 Å². The molecular weight excluding hydrogens is 268 g/mol. The quantitative estimate of drug-likeness (QED) is 0.934. The van der Waals surface area contributed by atoms with Gasteiger partial charge in [0.25, 0.3) is 0 Å². The van der Waals surface area contributed by atoms with Crippen LogP contribution in [0.2, 0.25) is 0 Å². The van der Waals surface area contributed by atoms with Crippen LogP contribution in [-0.4, -0.2) is 15.8 Å². The van der Waals surface area contributed by atoms with Crippen molar-refractivity contribution in [3.8, 4) is 0 Å². The molecule has 0 aliphatic heterocycles. The van der Waals surface area contributed by atoms with Crippen molar-refractivity contribution >= 4 is 21.7 Å². The first kappa shape index (κ1) is 11.1. The summed E-state index contributed by atoms with van der Waals surface area (Å²) >= 11 is 3.38. The van der Waals surface area contributed by atoms with Gasteiger partial charge < -0.3 is 4.98 Å². The number of hydrogen-bond acceptors (Lipinski definition) is 2. The van der Waals surface area contributed by atoms with Gasteiger partial charge in [0.1, 0.15) is 11.6 Å². The number of aromatic amines is 1. The van der Waals surface area contributed by atoms with Gasteiger partial charge in [-0.3, -0.25) is 4.79 Å². The van der Waals surface area contributed by atoms with Crippen molar-refractivity contribution in [1.82, 2.24) is 9.97 Å². The monoisotopic (exact) mass is 278 g/mol. The molecule has 0 aliphatic carbocycles. The summed E-state index contributed by atoms with van der Waals surface area (Å²) in [4.78, 5) is 18.7. The maximum atomic E-state index is 11.7. The number of aromatic nitrogens is 2. The largest absolute Gasteiger partial charge is 0.348 e. The van der Waals surface area contributed by atoms with Gasteiger partial charge in [0.2, 0.25) is 0 Å². The van der Waals surface area contributed by atoms with E-state index in [1.807, 2.05) is 24.3 Å². The molecule has 1 aromatic carbocycles. The van der Waals surface area contributed by atoms with Crippen LogP contribution in [0.1, 0.15) is 11.4 Å². The minimum Gasteiger partial charge on any atom is -0.348 e. The zero-order valence-corrected chi connectivity index (χ0v) is 10.2. The molecule has 82 valence electrons. The molecule has 1 aromatic heterocycles. The molecule has 2 rings (SSSR count). The molecule has 0 atom stereocenters. The molecule has 1 heterocycles. The molecule has 1 N–H and O–H groups in total. The minimum absolute atomic E-state index is 0.160. The van der Waals surface area contributed by atoms with E-state index < -0.39 is 0 Å². The summed E-state index contributed by atoms with van der Waals surface area (Å²) in [6.45, 7) is 0. The summed E-state index contributed by atoms with van der Waals surface area (Å²) in [5.41, 5.74) is 1.02. The van der Waals surface area contributed by atoms with Crippen LogP contribution >= 0.6 is 15.9 Å². The fraction of sp³-hybridized carbons (Fsp3) is 0.167. The van der Waals surface area contributed by atoms with Gasteiger partial charge in [0, 0.05) is 23.3 Å². The van der Waals surface area contributed by atoms with E-state index in [2.05, 4.69) is 25.9 Å². The van der Waals surface area contributed by atoms with Crippen molar-refractivity contribution in [3.05, 3.63) is 52.5 Å². The van der Waals surface area contributed by atoms with Gasteiger partial charge in [0.15, 0.2) is 0 Å². The van der Waals surface area contributed by atoms with Crippen LogP contribution in [0.15, 0.2) is 41.1 Å². The molecule has 0 bridgehead atoms. The Morgan fingerprint density at radius 2 is 2.25 bits per heavy atom. The number of carbonyl (C=O) groups excluding carboxylic acids is 1. The summed E-state index contributed by atoms with van der Waals surface area (Å²) in [7, 11) is 0. The third-order valence-corrected chi connectivity index (χ3v) is 2.70. The molecule has 0 saturated carbocycles. The van der Waals surface area contributed by atoms with Gasteiger partial charge in [-0.1, -0.05) is 28.1 Å². The highest BCUT2D eigenvalue weighted by molar-refractivity contribution is 9.10. The number of hydrogen-bond donors (Lipinski definition) is 1. The number of ketones is 1. The zero-order chi connectivity index (χ0) is 11.4. The number of rotatable bonds is 4. The van der Waals surface area contributed by atoms with Crippen LogP contribution in [0, 0.1) is 0 Å². The van der Waals surface area contributed by atoms with E-state index in [9.17, 15) is 4.79 Å². The minimum atomic E-state index is 0.160. The lowest BCUT2D eigenvalue weighted by atomic mass is 10.1. The molecule has 0 saturated heterocycles. The molecule has 2 aromatic rings. The Bertz CT molecular complexity index is 480. The molecule has 0 spiro atoms. The molecule has 0 amide bonds. The van der Waals surface area contributed by atoms with Gasteiger partial charge >= 0.3 is 0 Å². The normalized spacial score (nSPS) is 10.3. The third kappa shape index (κ3) is 3.03. The maximum Gasteiger partial charge on any atom is 0.144 e. The average Bonchev–Trinajstić information content (AvgIpc) is 2.70. The number of H-pyrrole nitrogens is 1. The molecule has 0 fully saturated rings. The number of nitrogens with one attached hydrogen (secondary N) is 1. The second kappa shape index (κ2) is 5.07. The lowest BCUT2D eigenvalue weighted by Crippen LogP contribution is -2.07. The van der Waals surface area contributed by atoms with Gasteiger partial charge in [0.05, 0.1) is 6.42 Å². The number of benzene rings is 1. The Kier molecular flexibility index (Phi) is 3.51. The van der Waals surface area contributed by atoms with Crippen LogP contribution in [0.25, 0.3) is 0 Å². The molecule has 0 aliphatic rings. The number of carbonyl (C=O) groups is 1. The zero-order valence-electron chi connectivity index (χ0n) is 8.61. The van der Waals surface area contributed by atoms with Crippen molar-refractivity contribution < 1.29 is 4.79 Å². The van der Waals surface area contributed by atoms with E-state index in [0.29, 0.717) is 12.8 Å². The lowest BCUT2D eigenvalue weighted by Gasteiger charge is -2.00. The highest BCUT2D eigenvalue weighted by Crippen LogP contribution is 2.12. The predicted octanol–water partition coefficient (Wildman–Crippen LogP) is 2.53. The summed E-state index contributed by atoms with van der Waals surface area (Å²) in [6.07, 6.45) is 4.18. The maximum absolute atomic E-state index is 11.7. The molecule has 4 heteroatoms. The standard InChI is InChI=1S/C12H11BrN2O/c13-10-3-1-2-9(6-10)7-11(16)8-12-14-4-5-15-12/h1-6H,7-8H2,(H,14,15). The number of nitrogens with zero attached hydrogens (tertiary/aromatic N) is 1. The summed E-state index contributed by atoms with van der Waals surface area (Å²) < 4.78 is 0.996. The van der Waals surface area contributed by atoms with E-state index in [-0.39, 0.29) is 5.78 Å². The molecule has 16 heavy (non-hydrogen) atoms. The second-order valence-corrected chi connectivity index (χ2v) is 4.47. The number of Topliss-reactive ketones (excluding diaryl/α,β-unsaturated/α-hetero) is 1. The Morgan fingerprint density at radius 1 is 1.38 bits per heavy atom. The van der Waals surface area contributed by atoms with Crippen LogP contribution in [0.5, 0.6) is 0 Å². The fourth-order valence-electron chi connectivity index (χ4n) is 1.52. The number of halogens is 1. The van der Waals surface area contributed by atoms with Gasteiger partial charge in [-0.15, -0.1) is 0 Å². The van der Waals surface area contributed by atoms with Gasteiger partial charge in [-0.2, -0.15) is 0 Å². The highest BCUT2D eigenvalue weighted by Gasteiger charge is 2.06. The predicted molar refractivity (Wildman–Crippen MR) is 65.1 cm³/mol. The SMILES string of the molecule is O=C(Cc1cccc(Br)c1)Cc1ncc[nH]1. The first-order chi connectivity index (χ1) is 7.74. The Labute approximate surface area is 102 Å². The third-order valence-electron chi connectivity index (χ3n) is 2.21. The van der Waals surface area contributed by atoms with Crippen LogP contribution in [0.3, 0.4) is 0 Å². The number of imidazole rings is 1. The molecule has 3 nitrogen and oxygen atoms in total. The van der Waals surface area contributed by atoms with Crippen molar-refractivity contribution in [2.75, 3.05) is 0 Å². The Hall–Kier alpha value is -1.42. The van der Waals surface area contributed by atoms with E-state index in [1.165, 1.54) is 0 Å². The van der Waals surface area contributed by atoms with Crippen LogP contribution in [0.4, 0.5) is 0 Å². The summed E-state index contributed by atoms with van der Waals surface area (Å²) in [6, 6.07) is 7.78. The molecule has 0 unspecified atom stereocenters. The van der Waals surface area contributed by atoms with Crippen molar-refractivity contribution in [2.24, 2.45) is 0 Å². The van der Waals surface area contributed by atoms with Gasteiger partial charge in [-0.25, -0.2) is 4.98 Å². The van der Waals surface area contributed by atoms with E-state index in [4.69, 9.17) is 0 Å².